The summed E-state index contributed by atoms with van der Waals surface area (Å²) < 4.78 is 5.22. The molecule has 1 N–H and O–H groups in total. The zero-order valence-corrected chi connectivity index (χ0v) is 16.0. The van der Waals surface area contributed by atoms with Crippen LogP contribution in [0.4, 0.5) is 0 Å². The minimum Gasteiger partial charge on any atom is -0.467 e. The first-order valence-electron chi connectivity index (χ1n) is 9.06. The van der Waals surface area contributed by atoms with Crippen molar-refractivity contribution < 1.29 is 14.0 Å². The predicted molar refractivity (Wildman–Crippen MR) is 109 cm³/mol. The molecule has 0 radical (unpaired) electrons. The van der Waals surface area contributed by atoms with E-state index < -0.39 is 0 Å². The number of rotatable bonds is 6. The van der Waals surface area contributed by atoms with E-state index in [-0.39, 0.29) is 17.2 Å². The van der Waals surface area contributed by atoms with Gasteiger partial charge in [0.25, 0.3) is 5.91 Å². The normalized spacial score (nSPS) is 16.4. The van der Waals surface area contributed by atoms with Crippen LogP contribution < -0.4 is 5.32 Å². The first-order valence-corrected chi connectivity index (χ1v) is 10.1. The lowest BCUT2D eigenvalue weighted by molar-refractivity contribution is -0.128. The number of benzene rings is 2. The Kier molecular flexibility index (Phi) is 5.48. The van der Waals surface area contributed by atoms with Gasteiger partial charge in [0.1, 0.15) is 11.1 Å². The molecule has 1 fully saturated rings. The van der Waals surface area contributed by atoms with Crippen LogP contribution in [-0.2, 0) is 17.9 Å². The fourth-order valence-corrected chi connectivity index (χ4v) is 4.35. The van der Waals surface area contributed by atoms with Crippen molar-refractivity contribution in [1.29, 1.82) is 0 Å². The van der Waals surface area contributed by atoms with Crippen LogP contribution in [0.2, 0.25) is 0 Å². The highest BCUT2D eigenvalue weighted by atomic mass is 32.2. The highest BCUT2D eigenvalue weighted by Gasteiger charge is 2.32. The number of hydrogen-bond donors (Lipinski definition) is 1. The van der Waals surface area contributed by atoms with E-state index in [0.29, 0.717) is 30.2 Å². The molecule has 142 valence electrons. The van der Waals surface area contributed by atoms with E-state index in [4.69, 9.17) is 4.42 Å². The monoisotopic (exact) mass is 392 g/mol. The Hall–Kier alpha value is -2.99. The van der Waals surface area contributed by atoms with E-state index in [2.05, 4.69) is 5.32 Å². The number of furan rings is 1. The summed E-state index contributed by atoms with van der Waals surface area (Å²) in [4.78, 5) is 26.6. The molecule has 0 aliphatic carbocycles. The van der Waals surface area contributed by atoms with Gasteiger partial charge in [0.05, 0.1) is 18.6 Å². The third-order valence-corrected chi connectivity index (χ3v) is 5.88. The molecule has 0 unspecified atom stereocenters. The Morgan fingerprint density at radius 2 is 1.86 bits per heavy atom. The maximum atomic E-state index is 12.4. The minimum atomic E-state index is -0.153. The quantitative estimate of drug-likeness (QED) is 0.689. The van der Waals surface area contributed by atoms with Gasteiger partial charge in [0, 0.05) is 12.1 Å². The summed E-state index contributed by atoms with van der Waals surface area (Å²) in [5, 5.41) is 2.80. The van der Waals surface area contributed by atoms with Gasteiger partial charge < -0.3 is 14.6 Å². The van der Waals surface area contributed by atoms with E-state index in [1.165, 1.54) is 0 Å². The third kappa shape index (κ3) is 4.12. The maximum absolute atomic E-state index is 12.4. The summed E-state index contributed by atoms with van der Waals surface area (Å²) in [5.74, 6) is 1.17. The average molecular weight is 392 g/mol. The van der Waals surface area contributed by atoms with Crippen molar-refractivity contribution in [2.45, 2.75) is 18.5 Å². The van der Waals surface area contributed by atoms with Crippen molar-refractivity contribution in [3.05, 3.63) is 95.4 Å². The Bertz CT molecular complexity index is 940. The van der Waals surface area contributed by atoms with Crippen molar-refractivity contribution in [3.8, 4) is 0 Å². The predicted octanol–water partition coefficient (Wildman–Crippen LogP) is 3.98. The zero-order valence-electron chi connectivity index (χ0n) is 15.2. The van der Waals surface area contributed by atoms with Gasteiger partial charge in [-0.3, -0.25) is 9.59 Å². The summed E-state index contributed by atoms with van der Waals surface area (Å²) in [6.07, 6.45) is 1.58. The first kappa shape index (κ1) is 18.4. The summed E-state index contributed by atoms with van der Waals surface area (Å²) in [6, 6.07) is 21.1. The fourth-order valence-electron chi connectivity index (χ4n) is 3.16. The molecular weight excluding hydrogens is 372 g/mol. The van der Waals surface area contributed by atoms with Crippen LogP contribution in [0, 0.1) is 0 Å². The zero-order chi connectivity index (χ0) is 19.3. The SMILES string of the molecule is O=C(NCc1ccco1)c1ccc([C@H]2SCC(=O)N2Cc2ccccc2)cc1. The molecular formula is C22H20N2O3S. The van der Waals surface area contributed by atoms with Crippen molar-refractivity contribution in [1.82, 2.24) is 10.2 Å². The number of carbonyl (C=O) groups is 2. The first-order chi connectivity index (χ1) is 13.7. The lowest BCUT2D eigenvalue weighted by Gasteiger charge is -2.24. The Morgan fingerprint density at radius 1 is 1.07 bits per heavy atom. The molecule has 0 saturated carbocycles. The van der Waals surface area contributed by atoms with Gasteiger partial charge in [-0.25, -0.2) is 0 Å². The summed E-state index contributed by atoms with van der Waals surface area (Å²) in [6.45, 7) is 0.939. The van der Waals surface area contributed by atoms with E-state index in [9.17, 15) is 9.59 Å². The highest BCUT2D eigenvalue weighted by molar-refractivity contribution is 8.00. The minimum absolute atomic E-state index is 0.0343. The number of carbonyl (C=O) groups excluding carboxylic acids is 2. The lowest BCUT2D eigenvalue weighted by atomic mass is 10.1. The van der Waals surface area contributed by atoms with E-state index in [1.54, 1.807) is 36.2 Å². The van der Waals surface area contributed by atoms with Crippen molar-refractivity contribution >= 4 is 23.6 Å². The average Bonchev–Trinajstić information content (AvgIpc) is 3.38. The molecule has 1 aliphatic rings. The van der Waals surface area contributed by atoms with Crippen LogP contribution in [0.15, 0.2) is 77.4 Å². The molecule has 4 rings (SSSR count). The topological polar surface area (TPSA) is 62.6 Å². The van der Waals surface area contributed by atoms with Gasteiger partial charge >= 0.3 is 0 Å². The molecule has 5 nitrogen and oxygen atoms in total. The van der Waals surface area contributed by atoms with Crippen molar-refractivity contribution in [2.24, 2.45) is 0 Å². The number of amides is 2. The number of nitrogens with one attached hydrogen (secondary N) is 1. The van der Waals surface area contributed by atoms with Crippen LogP contribution >= 0.6 is 11.8 Å². The number of hydrogen-bond acceptors (Lipinski definition) is 4. The molecule has 2 amide bonds. The van der Waals surface area contributed by atoms with Crippen LogP contribution in [-0.4, -0.2) is 22.5 Å². The van der Waals surface area contributed by atoms with Gasteiger partial charge in [-0.05, 0) is 35.4 Å². The van der Waals surface area contributed by atoms with Gasteiger partial charge in [0.2, 0.25) is 5.91 Å². The summed E-state index contributed by atoms with van der Waals surface area (Å²) in [5.41, 5.74) is 2.71. The molecule has 1 atom stereocenters. The van der Waals surface area contributed by atoms with Crippen LogP contribution in [0.3, 0.4) is 0 Å². The van der Waals surface area contributed by atoms with Gasteiger partial charge in [0.15, 0.2) is 0 Å². The Morgan fingerprint density at radius 3 is 2.57 bits per heavy atom. The molecule has 28 heavy (non-hydrogen) atoms. The molecule has 1 aromatic heterocycles. The second kappa shape index (κ2) is 8.35. The maximum Gasteiger partial charge on any atom is 0.251 e. The molecule has 2 aromatic carbocycles. The highest BCUT2D eigenvalue weighted by Crippen LogP contribution is 2.39. The van der Waals surface area contributed by atoms with Crippen LogP contribution in [0.5, 0.6) is 0 Å². The molecule has 0 bridgehead atoms. The molecule has 0 spiro atoms. The molecule has 1 saturated heterocycles. The van der Waals surface area contributed by atoms with Crippen LogP contribution in [0.25, 0.3) is 0 Å². The van der Waals surface area contributed by atoms with Gasteiger partial charge in [-0.15, -0.1) is 11.8 Å². The third-order valence-electron chi connectivity index (χ3n) is 4.63. The number of nitrogens with zero attached hydrogens (tertiary/aromatic N) is 1. The summed E-state index contributed by atoms with van der Waals surface area (Å²) in [7, 11) is 0. The van der Waals surface area contributed by atoms with Crippen molar-refractivity contribution in [2.75, 3.05) is 5.75 Å². The van der Waals surface area contributed by atoms with Crippen molar-refractivity contribution in [3.63, 3.8) is 0 Å². The Labute approximate surface area is 167 Å². The van der Waals surface area contributed by atoms with E-state index in [0.717, 1.165) is 11.1 Å². The molecule has 1 aliphatic heterocycles. The largest absolute Gasteiger partial charge is 0.467 e. The Balaban J connectivity index is 1.43. The number of thioether (sulfide) groups is 1. The van der Waals surface area contributed by atoms with Gasteiger partial charge in [-0.1, -0.05) is 42.5 Å². The molecule has 3 aromatic rings. The van der Waals surface area contributed by atoms with Crippen LogP contribution in [0.1, 0.15) is 32.6 Å². The smallest absolute Gasteiger partial charge is 0.251 e. The second-order valence-electron chi connectivity index (χ2n) is 6.55. The van der Waals surface area contributed by atoms with E-state index >= 15 is 0 Å². The van der Waals surface area contributed by atoms with Gasteiger partial charge in [-0.2, -0.15) is 0 Å². The fraction of sp³-hybridized carbons (Fsp3) is 0.182. The summed E-state index contributed by atoms with van der Waals surface area (Å²) >= 11 is 1.62. The lowest BCUT2D eigenvalue weighted by Crippen LogP contribution is -2.27. The molecule has 2 heterocycles. The molecule has 6 heteroatoms. The standard InChI is InChI=1S/C22H20N2O3S/c25-20-15-28-22(24(20)14-16-5-2-1-3-6-16)18-10-8-17(9-11-18)21(26)23-13-19-7-4-12-27-19/h1-12,22H,13-15H2,(H,23,26)/t22-/m1/s1. The second-order valence-corrected chi connectivity index (χ2v) is 7.62. The van der Waals surface area contributed by atoms with E-state index in [1.807, 2.05) is 53.4 Å².